The van der Waals surface area contributed by atoms with Gasteiger partial charge in [-0.1, -0.05) is 41.9 Å². The van der Waals surface area contributed by atoms with Gasteiger partial charge in [0.05, 0.1) is 29.5 Å². The maximum absolute atomic E-state index is 14.7. The van der Waals surface area contributed by atoms with Gasteiger partial charge in [-0.25, -0.2) is 18.2 Å². The van der Waals surface area contributed by atoms with Gasteiger partial charge >= 0.3 is 6.09 Å². The molecule has 0 unspecified atom stereocenters. The summed E-state index contributed by atoms with van der Waals surface area (Å²) in [7, 11) is -2.36. The average molecular weight is 686 g/mol. The summed E-state index contributed by atoms with van der Waals surface area (Å²) in [6.45, 7) is 9.93. The Balaban J connectivity index is 1.84. The van der Waals surface area contributed by atoms with Crippen molar-refractivity contribution in [2.24, 2.45) is 0 Å². The molecule has 4 amide bonds. The van der Waals surface area contributed by atoms with E-state index in [0.717, 1.165) is 16.5 Å². The monoisotopic (exact) mass is 685 g/mol. The summed E-state index contributed by atoms with van der Waals surface area (Å²) in [6.07, 6.45) is 0.210. The van der Waals surface area contributed by atoms with Crippen molar-refractivity contribution in [2.45, 2.75) is 71.8 Å². The second-order valence-corrected chi connectivity index (χ2v) is 15.3. The minimum Gasteiger partial charge on any atom is -0.444 e. The van der Waals surface area contributed by atoms with Gasteiger partial charge in [0.2, 0.25) is 11.8 Å². The highest BCUT2D eigenvalue weighted by Gasteiger charge is 2.43. The van der Waals surface area contributed by atoms with Crippen LogP contribution in [-0.4, -0.2) is 84.9 Å². The maximum atomic E-state index is 14.7. The Morgan fingerprint density at radius 3 is 2.30 bits per heavy atom. The first-order valence-electron chi connectivity index (χ1n) is 15.0. The van der Waals surface area contributed by atoms with Crippen molar-refractivity contribution in [1.82, 2.24) is 15.2 Å². The van der Waals surface area contributed by atoms with Crippen LogP contribution in [-0.2, 0) is 35.5 Å². The molecule has 12 nitrogen and oxygen atoms in total. The number of hydrogen-bond donors (Lipinski definition) is 1. The SMILES string of the molecule is Cc1c(Cl)nc2ccccc2c1CN1C(=O)[C@@H](NC(=O)[C@H](C)N(C)C(=O)OC(C)(C)C)[C@H](C)N(C(=O)CS(C)(=O)=O)c2ccccc21. The minimum absolute atomic E-state index is 0.00893. The van der Waals surface area contributed by atoms with E-state index >= 15 is 0 Å². The van der Waals surface area contributed by atoms with E-state index in [1.54, 1.807) is 58.9 Å². The molecule has 1 aliphatic rings. The molecule has 1 N–H and O–H groups in total. The van der Waals surface area contributed by atoms with E-state index in [1.807, 2.05) is 24.3 Å². The number of carbonyl (C=O) groups is 4. The first-order chi connectivity index (χ1) is 21.8. The van der Waals surface area contributed by atoms with Crippen molar-refractivity contribution in [3.8, 4) is 0 Å². The number of likely N-dealkylation sites (N-methyl/N-ethyl adjacent to an activating group) is 1. The number of rotatable bonds is 7. The maximum Gasteiger partial charge on any atom is 0.410 e. The van der Waals surface area contributed by atoms with Gasteiger partial charge in [-0.05, 0) is 70.9 Å². The summed E-state index contributed by atoms with van der Waals surface area (Å²) < 4.78 is 30.0. The van der Waals surface area contributed by atoms with E-state index in [4.69, 9.17) is 16.3 Å². The fraction of sp³-hybridized carbons (Fsp3) is 0.424. The van der Waals surface area contributed by atoms with Crippen LogP contribution in [0.3, 0.4) is 0 Å². The molecular formula is C33H40ClN5O7S. The molecule has 3 aromatic rings. The number of fused-ring (bicyclic) bond motifs is 2. The zero-order chi connectivity index (χ0) is 35.0. The number of aromatic nitrogens is 1. The van der Waals surface area contributed by atoms with Crippen LogP contribution in [0, 0.1) is 6.92 Å². The molecule has 0 bridgehead atoms. The normalized spacial score (nSPS) is 17.5. The molecule has 1 aliphatic heterocycles. The van der Waals surface area contributed by atoms with Crippen LogP contribution >= 0.6 is 11.6 Å². The quantitative estimate of drug-likeness (QED) is 0.364. The molecule has 0 spiro atoms. The molecular weight excluding hydrogens is 646 g/mol. The highest BCUT2D eigenvalue weighted by atomic mass is 35.5. The Bertz CT molecular complexity index is 1840. The molecule has 14 heteroatoms. The number of nitrogens with zero attached hydrogens (tertiary/aromatic N) is 4. The molecule has 0 saturated carbocycles. The molecule has 3 atom stereocenters. The van der Waals surface area contributed by atoms with Gasteiger partial charge in [-0.3, -0.25) is 19.3 Å². The van der Waals surface area contributed by atoms with Crippen LogP contribution in [0.5, 0.6) is 0 Å². The number of carbonyl (C=O) groups excluding carboxylic acids is 4. The predicted molar refractivity (Wildman–Crippen MR) is 181 cm³/mol. The summed E-state index contributed by atoms with van der Waals surface area (Å²) >= 11 is 6.53. The Hall–Kier alpha value is -4.23. The lowest BCUT2D eigenvalue weighted by Gasteiger charge is -2.34. The summed E-state index contributed by atoms with van der Waals surface area (Å²) in [5.74, 6) is -2.83. The van der Waals surface area contributed by atoms with E-state index in [1.165, 1.54) is 23.8 Å². The number of para-hydroxylation sites is 3. The first kappa shape index (κ1) is 35.6. The van der Waals surface area contributed by atoms with Crippen LogP contribution in [0.4, 0.5) is 16.2 Å². The van der Waals surface area contributed by atoms with E-state index in [-0.39, 0.29) is 11.7 Å². The lowest BCUT2D eigenvalue weighted by Crippen LogP contribution is -2.60. The largest absolute Gasteiger partial charge is 0.444 e. The molecule has 252 valence electrons. The number of nitrogens with one attached hydrogen (secondary N) is 1. The second-order valence-electron chi connectivity index (χ2n) is 12.8. The number of halogens is 1. The Labute approximate surface area is 279 Å². The van der Waals surface area contributed by atoms with Gasteiger partial charge in [-0.2, -0.15) is 0 Å². The molecule has 0 radical (unpaired) electrons. The molecule has 0 aliphatic carbocycles. The van der Waals surface area contributed by atoms with Crippen LogP contribution in [0.25, 0.3) is 10.9 Å². The van der Waals surface area contributed by atoms with Gasteiger partial charge < -0.3 is 19.9 Å². The summed E-state index contributed by atoms with van der Waals surface area (Å²) in [5, 5.41) is 3.78. The molecule has 1 aromatic heterocycles. The number of benzene rings is 2. The minimum atomic E-state index is -3.77. The third-order valence-corrected chi connectivity index (χ3v) is 9.11. The molecule has 2 heterocycles. The molecule has 2 aromatic carbocycles. The second kappa shape index (κ2) is 13.5. The number of sulfone groups is 1. The average Bonchev–Trinajstić information content (AvgIpc) is 3.05. The van der Waals surface area contributed by atoms with E-state index < -0.39 is 63.1 Å². The molecule has 4 rings (SSSR count). The lowest BCUT2D eigenvalue weighted by molar-refractivity contribution is -0.131. The summed E-state index contributed by atoms with van der Waals surface area (Å²) in [5.41, 5.74) is 1.79. The van der Waals surface area contributed by atoms with Crippen LogP contribution in [0.15, 0.2) is 48.5 Å². The summed E-state index contributed by atoms with van der Waals surface area (Å²) in [4.78, 5) is 63.1. The van der Waals surface area contributed by atoms with Crippen molar-refractivity contribution in [3.63, 3.8) is 0 Å². The van der Waals surface area contributed by atoms with E-state index in [0.29, 0.717) is 28.0 Å². The number of hydrogen-bond acceptors (Lipinski definition) is 8. The third kappa shape index (κ3) is 7.84. The fourth-order valence-corrected chi connectivity index (χ4v) is 6.20. The Morgan fingerprint density at radius 2 is 1.68 bits per heavy atom. The van der Waals surface area contributed by atoms with Gasteiger partial charge in [0.25, 0.3) is 5.91 Å². The molecule has 0 fully saturated rings. The van der Waals surface area contributed by atoms with Gasteiger partial charge in [0, 0.05) is 18.7 Å². The predicted octanol–water partition coefficient (Wildman–Crippen LogP) is 4.25. The standard InChI is InChI=1S/C33H40ClN5O7S/c1-19-23(22-13-9-10-14-24(22)35-29(19)34)17-38-25-15-11-12-16-26(25)39(27(40)18-47(8,44)45)20(2)28(31(38)42)36-30(41)21(3)37(7)32(43)46-33(4,5)6/h9-16,20-21,28H,17-18H2,1-8H3,(H,36,41)/t20-,21-,28-/m0/s1. The van der Waals surface area contributed by atoms with Crippen LogP contribution < -0.4 is 15.1 Å². The van der Waals surface area contributed by atoms with Gasteiger partial charge in [-0.15, -0.1) is 0 Å². The number of anilines is 2. The highest BCUT2D eigenvalue weighted by molar-refractivity contribution is 7.91. The smallest absolute Gasteiger partial charge is 0.410 e. The molecule has 0 saturated heterocycles. The zero-order valence-corrected chi connectivity index (χ0v) is 29.3. The summed E-state index contributed by atoms with van der Waals surface area (Å²) in [6, 6.07) is 10.5. The Morgan fingerprint density at radius 1 is 1.09 bits per heavy atom. The van der Waals surface area contributed by atoms with Gasteiger partial charge in [0.1, 0.15) is 28.6 Å². The number of amides is 4. The van der Waals surface area contributed by atoms with Crippen molar-refractivity contribution < 1.29 is 32.3 Å². The van der Waals surface area contributed by atoms with Crippen molar-refractivity contribution in [1.29, 1.82) is 0 Å². The number of pyridine rings is 1. The Kier molecular flexibility index (Phi) is 10.2. The third-order valence-electron chi connectivity index (χ3n) is 7.97. The van der Waals surface area contributed by atoms with Crippen molar-refractivity contribution >= 4 is 67.5 Å². The fourth-order valence-electron chi connectivity index (χ4n) is 5.40. The first-order valence-corrected chi connectivity index (χ1v) is 17.4. The molecule has 47 heavy (non-hydrogen) atoms. The van der Waals surface area contributed by atoms with Gasteiger partial charge in [0.15, 0.2) is 9.84 Å². The van der Waals surface area contributed by atoms with Crippen molar-refractivity contribution in [2.75, 3.05) is 28.9 Å². The van der Waals surface area contributed by atoms with E-state index in [9.17, 15) is 27.6 Å². The van der Waals surface area contributed by atoms with Crippen LogP contribution in [0.1, 0.15) is 45.7 Å². The number of ether oxygens (including phenoxy) is 1. The lowest BCUT2D eigenvalue weighted by atomic mass is 10.0. The highest BCUT2D eigenvalue weighted by Crippen LogP contribution is 2.38. The zero-order valence-electron chi connectivity index (χ0n) is 27.7. The topological polar surface area (TPSA) is 146 Å². The van der Waals surface area contributed by atoms with E-state index in [2.05, 4.69) is 10.3 Å². The van der Waals surface area contributed by atoms with Crippen LogP contribution in [0.2, 0.25) is 5.15 Å². The van der Waals surface area contributed by atoms with Crippen molar-refractivity contribution in [3.05, 3.63) is 64.8 Å².